The molecule has 0 aliphatic carbocycles. The Hall–Kier alpha value is -2.21. The Morgan fingerprint density at radius 1 is 1.37 bits per heavy atom. The van der Waals surface area contributed by atoms with Crippen molar-refractivity contribution in [3.63, 3.8) is 0 Å². The van der Waals surface area contributed by atoms with Crippen LogP contribution in [0.5, 0.6) is 0 Å². The summed E-state index contributed by atoms with van der Waals surface area (Å²) < 4.78 is 5.26. The number of hydrogen-bond acceptors (Lipinski definition) is 5. The molecule has 1 aromatic heterocycles. The lowest BCUT2D eigenvalue weighted by Gasteiger charge is -2.28. The second kappa shape index (κ2) is 9.65. The lowest BCUT2D eigenvalue weighted by Crippen LogP contribution is -2.36. The van der Waals surface area contributed by atoms with E-state index in [9.17, 15) is 4.79 Å². The predicted octanol–water partition coefficient (Wildman–Crippen LogP) is 2.98. The molecule has 0 spiro atoms. The zero-order valence-electron chi connectivity index (χ0n) is 16.3. The molecule has 2 atom stereocenters. The number of piperidine rings is 1. The molecule has 1 fully saturated rings. The topological polar surface area (TPSA) is 80.0 Å². The number of nitrogens with one attached hydrogen (secondary N) is 2. The van der Waals surface area contributed by atoms with Crippen molar-refractivity contribution < 1.29 is 9.32 Å². The zero-order valence-corrected chi connectivity index (χ0v) is 16.3. The normalized spacial score (nSPS) is 18.2. The molecule has 1 aliphatic heterocycles. The van der Waals surface area contributed by atoms with Crippen molar-refractivity contribution in [2.75, 3.05) is 19.6 Å². The van der Waals surface area contributed by atoms with E-state index < -0.39 is 0 Å². The summed E-state index contributed by atoms with van der Waals surface area (Å²) in [6.45, 7) is 7.01. The zero-order chi connectivity index (χ0) is 19.1. The molecule has 6 nitrogen and oxygen atoms in total. The second-order valence-corrected chi connectivity index (χ2v) is 7.45. The van der Waals surface area contributed by atoms with Crippen molar-refractivity contribution >= 4 is 5.91 Å². The minimum absolute atomic E-state index is 0.155. The molecule has 2 N–H and O–H groups in total. The van der Waals surface area contributed by atoms with Crippen LogP contribution in [0.3, 0.4) is 0 Å². The number of aryl methyl sites for hydroxylation is 1. The first-order valence-electron chi connectivity index (χ1n) is 10.0. The molecule has 27 heavy (non-hydrogen) atoms. The molecule has 2 unspecified atom stereocenters. The highest BCUT2D eigenvalue weighted by atomic mass is 16.5. The van der Waals surface area contributed by atoms with E-state index in [0.717, 1.165) is 37.3 Å². The maximum Gasteiger partial charge on any atom is 0.257 e. The third-order valence-corrected chi connectivity index (χ3v) is 5.37. The third kappa shape index (κ3) is 5.63. The van der Waals surface area contributed by atoms with E-state index >= 15 is 0 Å². The van der Waals surface area contributed by atoms with Gasteiger partial charge >= 0.3 is 0 Å². The van der Waals surface area contributed by atoms with Crippen LogP contribution in [-0.4, -0.2) is 35.7 Å². The molecule has 146 valence electrons. The number of amides is 1. The Kier molecular flexibility index (Phi) is 6.98. The van der Waals surface area contributed by atoms with Gasteiger partial charge in [0, 0.05) is 24.9 Å². The van der Waals surface area contributed by atoms with Crippen LogP contribution in [0.15, 0.2) is 28.8 Å². The van der Waals surface area contributed by atoms with Gasteiger partial charge in [0.25, 0.3) is 5.89 Å². The minimum Gasteiger partial charge on any atom is -0.356 e. The van der Waals surface area contributed by atoms with Crippen molar-refractivity contribution in [1.29, 1.82) is 0 Å². The Balaban J connectivity index is 1.41. The summed E-state index contributed by atoms with van der Waals surface area (Å²) in [7, 11) is 0. The lowest BCUT2D eigenvalue weighted by atomic mass is 9.85. The summed E-state index contributed by atoms with van der Waals surface area (Å²) in [5.74, 6) is 2.48. The summed E-state index contributed by atoms with van der Waals surface area (Å²) in [6.07, 6.45) is 4.64. The van der Waals surface area contributed by atoms with Gasteiger partial charge in [-0.25, -0.2) is 0 Å². The maximum atomic E-state index is 12.2. The van der Waals surface area contributed by atoms with Gasteiger partial charge in [0.15, 0.2) is 5.82 Å². The van der Waals surface area contributed by atoms with Gasteiger partial charge in [-0.05, 0) is 61.9 Å². The van der Waals surface area contributed by atoms with Gasteiger partial charge < -0.3 is 15.2 Å². The molecule has 0 radical (unpaired) electrons. The molecule has 0 saturated carbocycles. The summed E-state index contributed by atoms with van der Waals surface area (Å²) in [4.78, 5) is 16.5. The first-order valence-corrected chi connectivity index (χ1v) is 10.0. The van der Waals surface area contributed by atoms with Crippen molar-refractivity contribution in [2.24, 2.45) is 11.8 Å². The predicted molar refractivity (Wildman–Crippen MR) is 105 cm³/mol. The fourth-order valence-corrected chi connectivity index (χ4v) is 3.57. The number of carbonyl (C=O) groups is 1. The molecular weight excluding hydrogens is 340 g/mol. The average Bonchev–Trinajstić information content (AvgIpc) is 3.18. The van der Waals surface area contributed by atoms with Crippen LogP contribution in [-0.2, 0) is 17.6 Å². The van der Waals surface area contributed by atoms with Crippen LogP contribution in [0.25, 0.3) is 11.5 Å². The van der Waals surface area contributed by atoms with E-state index in [1.165, 1.54) is 18.4 Å². The van der Waals surface area contributed by atoms with Crippen LogP contribution >= 0.6 is 0 Å². The summed E-state index contributed by atoms with van der Waals surface area (Å²) >= 11 is 0. The average molecular weight is 370 g/mol. The fourth-order valence-electron chi connectivity index (χ4n) is 3.57. The van der Waals surface area contributed by atoms with Gasteiger partial charge in [-0.1, -0.05) is 31.1 Å². The van der Waals surface area contributed by atoms with Crippen molar-refractivity contribution in [3.8, 4) is 11.5 Å². The van der Waals surface area contributed by atoms with Crippen molar-refractivity contribution in [2.45, 2.75) is 46.0 Å². The molecule has 3 rings (SSSR count). The highest BCUT2D eigenvalue weighted by Gasteiger charge is 2.21. The van der Waals surface area contributed by atoms with Gasteiger partial charge in [-0.2, -0.15) is 4.98 Å². The van der Waals surface area contributed by atoms with Gasteiger partial charge in [0.2, 0.25) is 5.91 Å². The minimum atomic E-state index is 0.155. The smallest absolute Gasteiger partial charge is 0.257 e. The third-order valence-electron chi connectivity index (χ3n) is 5.37. The molecule has 1 aromatic carbocycles. The Morgan fingerprint density at radius 2 is 2.19 bits per heavy atom. The lowest BCUT2D eigenvalue weighted by molar-refractivity contribution is -0.122. The number of benzene rings is 1. The molecule has 1 amide bonds. The van der Waals surface area contributed by atoms with Gasteiger partial charge in [-0.3, -0.25) is 4.79 Å². The van der Waals surface area contributed by atoms with Crippen LogP contribution in [0.2, 0.25) is 0 Å². The van der Waals surface area contributed by atoms with Crippen LogP contribution in [0, 0.1) is 11.8 Å². The molecule has 0 bridgehead atoms. The second-order valence-electron chi connectivity index (χ2n) is 7.45. The molecule has 6 heteroatoms. The van der Waals surface area contributed by atoms with Crippen LogP contribution in [0.4, 0.5) is 0 Å². The van der Waals surface area contributed by atoms with Crippen molar-refractivity contribution in [1.82, 2.24) is 20.8 Å². The van der Waals surface area contributed by atoms with E-state index in [1.54, 1.807) is 0 Å². The molecule has 2 aromatic rings. The summed E-state index contributed by atoms with van der Waals surface area (Å²) in [6, 6.07) is 8.08. The Labute approximate surface area is 161 Å². The highest BCUT2D eigenvalue weighted by molar-refractivity contribution is 5.76. The van der Waals surface area contributed by atoms with E-state index in [4.69, 9.17) is 4.52 Å². The van der Waals surface area contributed by atoms with E-state index in [2.05, 4.69) is 27.7 Å². The SMILES string of the molecule is CCc1noc(-c2ccc(CCNC(=O)CC(C)C3CCCNC3)cc2)n1. The van der Waals surface area contributed by atoms with E-state index in [1.807, 2.05) is 31.2 Å². The molecular formula is C21H30N4O2. The van der Waals surface area contributed by atoms with Gasteiger partial charge in [0.1, 0.15) is 0 Å². The fraction of sp³-hybridized carbons (Fsp3) is 0.571. The number of aromatic nitrogens is 2. The first-order chi connectivity index (χ1) is 13.2. The summed E-state index contributed by atoms with van der Waals surface area (Å²) in [5.41, 5.74) is 2.10. The standard InChI is InChI=1S/C21H30N4O2/c1-3-19-24-21(27-25-19)17-8-6-16(7-9-17)10-12-23-20(26)13-15(2)18-5-4-11-22-14-18/h6-9,15,18,22H,3-5,10-14H2,1-2H3,(H,23,26). The summed E-state index contributed by atoms with van der Waals surface area (Å²) in [5, 5.41) is 10.4. The molecule has 1 aliphatic rings. The Morgan fingerprint density at radius 3 is 2.85 bits per heavy atom. The molecule has 2 heterocycles. The monoisotopic (exact) mass is 370 g/mol. The number of carbonyl (C=O) groups excluding carboxylic acids is 1. The maximum absolute atomic E-state index is 12.2. The highest BCUT2D eigenvalue weighted by Crippen LogP contribution is 2.22. The number of hydrogen-bond donors (Lipinski definition) is 2. The molecule has 1 saturated heterocycles. The van der Waals surface area contributed by atoms with Crippen LogP contribution < -0.4 is 10.6 Å². The first kappa shape index (κ1) is 19.5. The number of nitrogens with zero attached hydrogens (tertiary/aromatic N) is 2. The largest absolute Gasteiger partial charge is 0.356 e. The van der Waals surface area contributed by atoms with Crippen LogP contribution in [0.1, 0.15) is 44.5 Å². The van der Waals surface area contributed by atoms with E-state index in [0.29, 0.717) is 30.7 Å². The van der Waals surface area contributed by atoms with Gasteiger partial charge in [0.05, 0.1) is 0 Å². The van der Waals surface area contributed by atoms with Gasteiger partial charge in [-0.15, -0.1) is 0 Å². The van der Waals surface area contributed by atoms with Crippen molar-refractivity contribution in [3.05, 3.63) is 35.7 Å². The quantitative estimate of drug-likeness (QED) is 0.747. The number of rotatable bonds is 8. The van der Waals surface area contributed by atoms with E-state index in [-0.39, 0.29) is 5.91 Å². The Bertz CT molecular complexity index is 720.